The molecule has 1 amide bonds. The van der Waals surface area contributed by atoms with Gasteiger partial charge in [-0.1, -0.05) is 17.7 Å². The zero-order chi connectivity index (χ0) is 25.8. The third-order valence-electron chi connectivity index (χ3n) is 6.17. The number of imidazole rings is 2. The number of carbonyl (C=O) groups is 1. The van der Waals surface area contributed by atoms with Crippen LogP contribution in [-0.2, 0) is 16.1 Å². The van der Waals surface area contributed by atoms with E-state index < -0.39 is 0 Å². The van der Waals surface area contributed by atoms with Crippen molar-refractivity contribution in [2.75, 3.05) is 17.7 Å². The molecule has 6 rings (SSSR count). The molecule has 0 bridgehead atoms. The number of aromatic nitrogens is 6. The maximum Gasteiger partial charge on any atom is 0.212 e. The third kappa shape index (κ3) is 5.87. The molecule has 1 unspecified atom stereocenters. The van der Waals surface area contributed by atoms with Crippen molar-refractivity contribution in [3.63, 3.8) is 0 Å². The molecule has 5 aromatic rings. The van der Waals surface area contributed by atoms with Gasteiger partial charge in [-0.25, -0.2) is 19.9 Å². The first-order chi connectivity index (χ1) is 18.0. The van der Waals surface area contributed by atoms with Gasteiger partial charge in [0, 0.05) is 36.8 Å². The standard InChI is InChI=1S/C16H16N6O.C10H11ClN2O/c23-10-20-15-5-14(18-9-19-15)17-6-13-8-22-7-12(11-1-2-11)3-4-16(22)21-13;1-7(14-2)10-9-5-8(11)3-4-13(9)6-12-10/h3-5,7-11H,1-2,6H2,(H2,17,18,19,20,23);3-7H,1-2H3. The average Bonchev–Trinajstić information content (AvgIpc) is 3.55. The number of ether oxygens (including phenoxy) is 1. The van der Waals surface area contributed by atoms with Crippen LogP contribution in [-0.4, -0.2) is 42.3 Å². The van der Waals surface area contributed by atoms with Gasteiger partial charge >= 0.3 is 0 Å². The number of halogens is 1. The van der Waals surface area contributed by atoms with E-state index in [2.05, 4.69) is 53.3 Å². The highest BCUT2D eigenvalue weighted by atomic mass is 35.5. The number of hydrogen-bond acceptors (Lipinski definition) is 7. The van der Waals surface area contributed by atoms with E-state index >= 15 is 0 Å². The first-order valence-electron chi connectivity index (χ1n) is 11.9. The van der Waals surface area contributed by atoms with Crippen LogP contribution in [0.1, 0.15) is 48.7 Å². The molecule has 1 aliphatic rings. The Morgan fingerprint density at radius 3 is 2.76 bits per heavy atom. The molecule has 1 aliphatic carbocycles. The van der Waals surface area contributed by atoms with E-state index in [1.165, 1.54) is 24.7 Å². The monoisotopic (exact) mass is 518 g/mol. The van der Waals surface area contributed by atoms with Gasteiger partial charge in [-0.05, 0) is 49.4 Å². The average molecular weight is 519 g/mol. The van der Waals surface area contributed by atoms with Crippen LogP contribution >= 0.6 is 11.6 Å². The summed E-state index contributed by atoms with van der Waals surface area (Å²) >= 11 is 5.91. The molecule has 0 saturated heterocycles. The van der Waals surface area contributed by atoms with Gasteiger partial charge in [-0.3, -0.25) is 4.79 Å². The van der Waals surface area contributed by atoms with Crippen LogP contribution in [0.3, 0.4) is 0 Å². The fourth-order valence-corrected chi connectivity index (χ4v) is 4.15. The Morgan fingerprint density at radius 1 is 1.14 bits per heavy atom. The van der Waals surface area contributed by atoms with Crippen molar-refractivity contribution in [1.29, 1.82) is 0 Å². The fraction of sp³-hybridized carbons (Fsp3) is 0.269. The number of carbonyl (C=O) groups excluding carboxylic acids is 1. The molecule has 5 aromatic heterocycles. The molecule has 11 heteroatoms. The van der Waals surface area contributed by atoms with Gasteiger partial charge < -0.3 is 24.2 Å². The van der Waals surface area contributed by atoms with Gasteiger partial charge in [0.1, 0.15) is 23.6 Å². The summed E-state index contributed by atoms with van der Waals surface area (Å²) in [7, 11) is 1.67. The van der Waals surface area contributed by atoms with Crippen LogP contribution in [0.15, 0.2) is 61.6 Å². The molecule has 37 heavy (non-hydrogen) atoms. The number of hydrogen-bond donors (Lipinski definition) is 2. The molecule has 10 nitrogen and oxygen atoms in total. The molecule has 0 spiro atoms. The minimum absolute atomic E-state index is 0.0153. The van der Waals surface area contributed by atoms with E-state index in [1.807, 2.05) is 35.9 Å². The zero-order valence-electron chi connectivity index (χ0n) is 20.5. The minimum Gasteiger partial charge on any atom is -0.375 e. The second-order valence-corrected chi connectivity index (χ2v) is 9.22. The fourth-order valence-electron chi connectivity index (χ4n) is 3.99. The molecule has 1 atom stereocenters. The maximum absolute atomic E-state index is 10.4. The van der Waals surface area contributed by atoms with Crippen LogP contribution in [0.4, 0.5) is 11.6 Å². The van der Waals surface area contributed by atoms with Gasteiger partial charge in [0.2, 0.25) is 6.41 Å². The first-order valence-corrected chi connectivity index (χ1v) is 12.3. The normalized spacial score (nSPS) is 13.7. The van der Waals surface area contributed by atoms with E-state index in [-0.39, 0.29) is 6.10 Å². The number of methoxy groups -OCH3 is 1. The predicted octanol–water partition coefficient (Wildman–Crippen LogP) is 4.88. The number of anilines is 2. The lowest BCUT2D eigenvalue weighted by Crippen LogP contribution is -2.04. The minimum atomic E-state index is -0.0153. The Labute approximate surface area is 218 Å². The quantitative estimate of drug-likeness (QED) is 0.282. The van der Waals surface area contributed by atoms with Crippen molar-refractivity contribution in [1.82, 2.24) is 28.7 Å². The topological polar surface area (TPSA) is 111 Å². The highest BCUT2D eigenvalue weighted by molar-refractivity contribution is 6.30. The summed E-state index contributed by atoms with van der Waals surface area (Å²) in [6, 6.07) is 9.62. The summed E-state index contributed by atoms with van der Waals surface area (Å²) in [4.78, 5) is 27.4. The first kappa shape index (κ1) is 24.7. The molecule has 190 valence electrons. The lowest BCUT2D eigenvalue weighted by Gasteiger charge is -2.06. The molecule has 2 N–H and O–H groups in total. The lowest BCUT2D eigenvalue weighted by molar-refractivity contribution is -0.105. The number of nitrogens with zero attached hydrogens (tertiary/aromatic N) is 6. The SMILES string of the molecule is COC(C)c1ncn2ccc(Cl)cc12.O=CNc1cc(NCc2cn3cc(C4CC4)ccc3n2)ncn1. The van der Waals surface area contributed by atoms with E-state index in [1.54, 1.807) is 19.5 Å². The summed E-state index contributed by atoms with van der Waals surface area (Å²) in [5.74, 6) is 1.83. The van der Waals surface area contributed by atoms with Gasteiger partial charge in [0.25, 0.3) is 0 Å². The summed E-state index contributed by atoms with van der Waals surface area (Å²) in [6.07, 6.45) is 12.4. The number of fused-ring (bicyclic) bond motifs is 2. The van der Waals surface area contributed by atoms with Crippen LogP contribution in [0.25, 0.3) is 11.2 Å². The van der Waals surface area contributed by atoms with E-state index in [9.17, 15) is 4.79 Å². The lowest BCUT2D eigenvalue weighted by atomic mass is 10.2. The second-order valence-electron chi connectivity index (χ2n) is 8.78. The van der Waals surface area contributed by atoms with Crippen molar-refractivity contribution < 1.29 is 9.53 Å². The maximum atomic E-state index is 10.4. The summed E-state index contributed by atoms with van der Waals surface area (Å²) in [6.45, 7) is 2.52. The van der Waals surface area contributed by atoms with E-state index in [0.717, 1.165) is 28.5 Å². The Morgan fingerprint density at radius 2 is 1.97 bits per heavy atom. The number of amides is 1. The molecule has 0 radical (unpaired) electrons. The van der Waals surface area contributed by atoms with Crippen molar-refractivity contribution in [3.8, 4) is 0 Å². The van der Waals surface area contributed by atoms with Crippen LogP contribution in [0, 0.1) is 0 Å². The van der Waals surface area contributed by atoms with Gasteiger partial charge in [-0.2, -0.15) is 0 Å². The van der Waals surface area contributed by atoms with Crippen LogP contribution in [0.5, 0.6) is 0 Å². The molecule has 1 fully saturated rings. The Balaban J connectivity index is 0.000000171. The summed E-state index contributed by atoms with van der Waals surface area (Å²) in [5, 5.41) is 6.40. The highest BCUT2D eigenvalue weighted by Gasteiger charge is 2.23. The van der Waals surface area contributed by atoms with Gasteiger partial charge in [0.05, 0.1) is 35.9 Å². The summed E-state index contributed by atoms with van der Waals surface area (Å²) in [5.41, 5.74) is 5.16. The Kier molecular flexibility index (Phi) is 7.29. The van der Waals surface area contributed by atoms with Crippen molar-refractivity contribution in [2.24, 2.45) is 0 Å². The smallest absolute Gasteiger partial charge is 0.212 e. The predicted molar refractivity (Wildman–Crippen MR) is 142 cm³/mol. The molecular formula is C26H27ClN8O2. The second kappa shape index (κ2) is 10.9. The highest BCUT2D eigenvalue weighted by Crippen LogP contribution is 2.39. The zero-order valence-corrected chi connectivity index (χ0v) is 21.3. The third-order valence-corrected chi connectivity index (χ3v) is 6.40. The van der Waals surface area contributed by atoms with E-state index in [0.29, 0.717) is 29.6 Å². The van der Waals surface area contributed by atoms with Gasteiger partial charge in [-0.15, -0.1) is 0 Å². The number of nitrogens with one attached hydrogen (secondary N) is 2. The molecular weight excluding hydrogens is 492 g/mol. The van der Waals surface area contributed by atoms with Gasteiger partial charge in [0.15, 0.2) is 0 Å². The largest absolute Gasteiger partial charge is 0.375 e. The Hall–Kier alpha value is -4.02. The molecule has 0 aromatic carbocycles. The van der Waals surface area contributed by atoms with Crippen molar-refractivity contribution in [2.45, 2.75) is 38.3 Å². The number of pyridine rings is 2. The molecule has 0 aliphatic heterocycles. The van der Waals surface area contributed by atoms with Crippen molar-refractivity contribution in [3.05, 3.63) is 83.6 Å². The molecule has 5 heterocycles. The molecule has 1 saturated carbocycles. The van der Waals surface area contributed by atoms with Crippen LogP contribution in [0.2, 0.25) is 5.02 Å². The van der Waals surface area contributed by atoms with E-state index in [4.69, 9.17) is 16.3 Å². The van der Waals surface area contributed by atoms with Crippen molar-refractivity contribution >= 4 is 40.8 Å². The Bertz CT molecular complexity index is 1530. The summed E-state index contributed by atoms with van der Waals surface area (Å²) < 4.78 is 9.22. The van der Waals surface area contributed by atoms with Crippen LogP contribution < -0.4 is 10.6 Å². The number of rotatable bonds is 8.